The van der Waals surface area contributed by atoms with Gasteiger partial charge in [0.25, 0.3) is 0 Å². The molecule has 0 atom stereocenters. The minimum Gasteiger partial charge on any atom is -0.491 e. The van der Waals surface area contributed by atoms with Crippen molar-refractivity contribution in [1.29, 1.82) is 0 Å². The average molecular weight is 271 g/mol. The Balaban J connectivity index is 2.85. The van der Waals surface area contributed by atoms with Crippen LogP contribution in [0.1, 0.15) is 33.6 Å². The molecule has 0 aromatic heterocycles. The van der Waals surface area contributed by atoms with Gasteiger partial charge in [-0.3, -0.25) is 0 Å². The third-order valence-electron chi connectivity index (χ3n) is 3.38. The van der Waals surface area contributed by atoms with Gasteiger partial charge in [-0.25, -0.2) is 4.39 Å². The van der Waals surface area contributed by atoms with Crippen LogP contribution in [0.5, 0.6) is 0 Å². The van der Waals surface area contributed by atoms with Crippen molar-refractivity contribution in [2.24, 2.45) is 5.92 Å². The third-order valence-corrected chi connectivity index (χ3v) is 3.38. The maximum Gasteiger partial charge on any atom is 0.202 e. The number of nitrogens with zero attached hydrogens (tertiary/aromatic N) is 1. The van der Waals surface area contributed by atoms with E-state index in [1.54, 1.807) is 19.9 Å². The van der Waals surface area contributed by atoms with Crippen LogP contribution in [0, 0.1) is 5.92 Å². The Morgan fingerprint density at radius 3 is 2.37 bits per heavy atom. The van der Waals surface area contributed by atoms with Crippen molar-refractivity contribution in [3.8, 4) is 0 Å². The summed E-state index contributed by atoms with van der Waals surface area (Å²) < 4.78 is 32.9. The lowest BCUT2D eigenvalue weighted by molar-refractivity contribution is 0.216. The van der Waals surface area contributed by atoms with Gasteiger partial charge < -0.3 is 9.64 Å². The second-order valence-corrected chi connectivity index (χ2v) is 4.83. The van der Waals surface area contributed by atoms with Gasteiger partial charge in [-0.05, 0) is 32.6 Å². The van der Waals surface area contributed by atoms with Crippen molar-refractivity contribution in [1.82, 2.24) is 4.90 Å². The molecule has 1 aliphatic rings. The molecular formula is C15H23F2NO. The average Bonchev–Trinajstić information content (AvgIpc) is 2.41. The fourth-order valence-electron chi connectivity index (χ4n) is 2.17. The summed E-state index contributed by atoms with van der Waals surface area (Å²) in [5.41, 5.74) is 0.297. The van der Waals surface area contributed by atoms with Gasteiger partial charge >= 0.3 is 0 Å². The zero-order chi connectivity index (χ0) is 14.4. The molecule has 1 fully saturated rings. The molecule has 0 radical (unpaired) electrons. The molecule has 2 nitrogen and oxygen atoms in total. The Hall–Kier alpha value is -1.32. The van der Waals surface area contributed by atoms with Crippen LogP contribution in [0.4, 0.5) is 8.78 Å². The lowest BCUT2D eigenvalue weighted by Crippen LogP contribution is -2.32. The quantitative estimate of drug-likeness (QED) is 0.545. The summed E-state index contributed by atoms with van der Waals surface area (Å²) >= 11 is 0. The van der Waals surface area contributed by atoms with Crippen LogP contribution in [0.15, 0.2) is 35.8 Å². The molecule has 19 heavy (non-hydrogen) atoms. The molecule has 1 rings (SSSR count). The monoisotopic (exact) mass is 271 g/mol. The van der Waals surface area contributed by atoms with E-state index in [0.29, 0.717) is 11.6 Å². The first kappa shape index (κ1) is 15.7. The molecule has 0 saturated carbocycles. The topological polar surface area (TPSA) is 12.5 Å². The second kappa shape index (κ2) is 7.31. The van der Waals surface area contributed by atoms with Gasteiger partial charge in [-0.2, -0.15) is 4.39 Å². The highest BCUT2D eigenvalue weighted by Crippen LogP contribution is 2.29. The van der Waals surface area contributed by atoms with Crippen LogP contribution in [-0.2, 0) is 4.74 Å². The summed E-state index contributed by atoms with van der Waals surface area (Å²) in [7, 11) is 0. The Kier molecular flexibility index (Phi) is 6.06. The molecule has 4 heteroatoms. The number of likely N-dealkylation sites (tertiary alicyclic amines) is 1. The summed E-state index contributed by atoms with van der Waals surface area (Å²) in [5, 5.41) is 0. The Labute approximate surface area is 114 Å². The largest absolute Gasteiger partial charge is 0.491 e. The molecule has 0 amide bonds. The zero-order valence-electron chi connectivity index (χ0n) is 12.0. The zero-order valence-corrected chi connectivity index (χ0v) is 12.0. The molecule has 0 aromatic carbocycles. The van der Waals surface area contributed by atoms with E-state index in [1.807, 2.05) is 4.90 Å². The lowest BCUT2D eigenvalue weighted by Gasteiger charge is -2.33. The van der Waals surface area contributed by atoms with Crippen LogP contribution in [0.3, 0.4) is 0 Å². The van der Waals surface area contributed by atoms with Gasteiger partial charge in [-0.1, -0.05) is 19.6 Å². The van der Waals surface area contributed by atoms with Gasteiger partial charge in [0.1, 0.15) is 0 Å². The van der Waals surface area contributed by atoms with E-state index in [4.69, 9.17) is 4.74 Å². The van der Waals surface area contributed by atoms with Crippen LogP contribution < -0.4 is 0 Å². The lowest BCUT2D eigenvalue weighted by atomic mass is 9.98. The maximum absolute atomic E-state index is 14.2. The highest BCUT2D eigenvalue weighted by molar-refractivity contribution is 5.33. The van der Waals surface area contributed by atoms with Crippen LogP contribution in [-0.4, -0.2) is 24.6 Å². The van der Waals surface area contributed by atoms with Crippen molar-refractivity contribution < 1.29 is 13.5 Å². The number of rotatable bonds is 5. The fourth-order valence-corrected chi connectivity index (χ4v) is 2.17. The van der Waals surface area contributed by atoms with Gasteiger partial charge in [0.05, 0.1) is 12.3 Å². The van der Waals surface area contributed by atoms with Crippen LogP contribution in [0.2, 0.25) is 0 Å². The van der Waals surface area contributed by atoms with E-state index in [2.05, 4.69) is 13.5 Å². The third kappa shape index (κ3) is 4.08. The van der Waals surface area contributed by atoms with Gasteiger partial charge in [0, 0.05) is 13.1 Å². The fraction of sp³-hybridized carbons (Fsp3) is 0.600. The molecule has 0 N–H and O–H groups in total. The Morgan fingerprint density at radius 1 is 1.32 bits per heavy atom. The molecule has 0 unspecified atom stereocenters. The molecule has 0 aliphatic carbocycles. The van der Waals surface area contributed by atoms with Gasteiger partial charge in [0.2, 0.25) is 5.83 Å². The van der Waals surface area contributed by atoms with Crippen molar-refractivity contribution in [2.75, 3.05) is 19.7 Å². The smallest absolute Gasteiger partial charge is 0.202 e. The molecule has 108 valence electrons. The molecule has 1 saturated heterocycles. The molecule has 1 heterocycles. The number of ether oxygens (including phenoxy) is 1. The first-order valence-corrected chi connectivity index (χ1v) is 6.80. The summed E-state index contributed by atoms with van der Waals surface area (Å²) in [4.78, 5) is 1.88. The first-order valence-electron chi connectivity index (χ1n) is 6.80. The van der Waals surface area contributed by atoms with Crippen molar-refractivity contribution >= 4 is 0 Å². The number of allylic oxidation sites excluding steroid dienone is 3. The van der Waals surface area contributed by atoms with E-state index in [-0.39, 0.29) is 12.4 Å². The summed E-state index contributed by atoms with van der Waals surface area (Å²) in [6.45, 7) is 10.8. The summed E-state index contributed by atoms with van der Waals surface area (Å²) in [5.74, 6) is -1.49. The first-order chi connectivity index (χ1) is 9.01. The van der Waals surface area contributed by atoms with Crippen molar-refractivity contribution in [2.45, 2.75) is 33.6 Å². The highest BCUT2D eigenvalue weighted by atomic mass is 19.2. The van der Waals surface area contributed by atoms with Gasteiger partial charge in [-0.15, -0.1) is 0 Å². The van der Waals surface area contributed by atoms with E-state index in [0.717, 1.165) is 25.9 Å². The van der Waals surface area contributed by atoms with E-state index in [9.17, 15) is 8.78 Å². The van der Waals surface area contributed by atoms with E-state index in [1.165, 1.54) is 0 Å². The van der Waals surface area contributed by atoms with E-state index >= 15 is 0 Å². The molecule has 0 bridgehead atoms. The molecule has 1 aliphatic heterocycles. The number of hydrogen-bond acceptors (Lipinski definition) is 2. The summed E-state index contributed by atoms with van der Waals surface area (Å²) in [6, 6.07) is 0. The van der Waals surface area contributed by atoms with Crippen molar-refractivity contribution in [3.63, 3.8) is 0 Å². The number of halogens is 2. The second-order valence-electron chi connectivity index (χ2n) is 4.83. The minimum atomic E-state index is -1.01. The van der Waals surface area contributed by atoms with Crippen molar-refractivity contribution in [3.05, 3.63) is 35.8 Å². The maximum atomic E-state index is 14.2. The Bertz CT molecular complexity index is 380. The Morgan fingerprint density at radius 2 is 1.89 bits per heavy atom. The number of hydrogen-bond donors (Lipinski definition) is 0. The molecule has 0 spiro atoms. The SMILES string of the molecule is C=C(OCC)/C(F)=C(F)\C(=C/C)N1CCC(C)CC1. The van der Waals surface area contributed by atoms with E-state index < -0.39 is 11.7 Å². The van der Waals surface area contributed by atoms with Crippen LogP contribution in [0.25, 0.3) is 0 Å². The van der Waals surface area contributed by atoms with Crippen LogP contribution >= 0.6 is 0 Å². The molecule has 0 aromatic rings. The normalized spacial score (nSPS) is 19.2. The summed E-state index contributed by atoms with van der Waals surface area (Å²) in [6.07, 6.45) is 3.60. The minimum absolute atomic E-state index is 0.246. The van der Waals surface area contributed by atoms with Gasteiger partial charge in [0.15, 0.2) is 11.6 Å². The predicted molar refractivity (Wildman–Crippen MR) is 73.7 cm³/mol. The highest BCUT2D eigenvalue weighted by Gasteiger charge is 2.23. The predicted octanol–water partition coefficient (Wildman–Crippen LogP) is 4.32. The molecular weight excluding hydrogens is 248 g/mol. The number of piperidine rings is 1. The standard InChI is InChI=1S/C15H23F2NO/c1-5-13(18-9-7-11(3)8-10-18)15(17)14(16)12(4)19-6-2/h5,11H,4,6-10H2,1-3H3/b13-5+,15-14-.